The van der Waals surface area contributed by atoms with E-state index >= 15 is 0 Å². The average molecular weight is 313 g/mol. The number of rotatable bonds is 3. The summed E-state index contributed by atoms with van der Waals surface area (Å²) in [6.45, 7) is 0. The highest BCUT2D eigenvalue weighted by molar-refractivity contribution is 6.31. The van der Waals surface area contributed by atoms with Gasteiger partial charge in [-0.25, -0.2) is 4.39 Å². The average Bonchev–Trinajstić information content (AvgIpc) is 3.03. The molecule has 5 nitrogen and oxygen atoms in total. The molecule has 2 aliphatic heterocycles. The van der Waals surface area contributed by atoms with E-state index in [-0.39, 0.29) is 5.02 Å². The van der Waals surface area contributed by atoms with E-state index in [1.807, 2.05) is 0 Å². The minimum atomic E-state index is -1.28. The Morgan fingerprint density at radius 1 is 1.29 bits per heavy atom. The maximum atomic E-state index is 13.1. The van der Waals surface area contributed by atoms with Crippen molar-refractivity contribution in [3.8, 4) is 0 Å². The Morgan fingerprint density at radius 3 is 2.57 bits per heavy atom. The number of nitrogens with one attached hydrogen (secondary N) is 1. The molecule has 0 aliphatic carbocycles. The number of benzene rings is 1. The summed E-state index contributed by atoms with van der Waals surface area (Å²) in [5.41, 5.74) is 0.311. The highest BCUT2D eigenvalue weighted by Gasteiger charge is 2.52. The maximum absolute atomic E-state index is 13.1. The number of halogens is 2. The summed E-state index contributed by atoms with van der Waals surface area (Å²) in [6, 6.07) is 3.77. The summed E-state index contributed by atoms with van der Waals surface area (Å²) in [5.74, 6) is -4.08. The topological polar surface area (TPSA) is 78.5 Å². The van der Waals surface area contributed by atoms with E-state index in [4.69, 9.17) is 16.3 Å². The van der Waals surface area contributed by atoms with Gasteiger partial charge in [0.25, 0.3) is 0 Å². The number of aliphatic carboxylic acids is 1. The van der Waals surface area contributed by atoms with Gasteiger partial charge in [0.15, 0.2) is 0 Å². The van der Waals surface area contributed by atoms with Gasteiger partial charge in [-0.1, -0.05) is 11.6 Å². The summed E-state index contributed by atoms with van der Waals surface area (Å²) >= 11 is 5.64. The van der Waals surface area contributed by atoms with Gasteiger partial charge in [-0.3, -0.25) is 4.79 Å². The minimum absolute atomic E-state index is 0.117. The number of anilines is 1. The van der Waals surface area contributed by atoms with Crippen LogP contribution in [0.2, 0.25) is 5.02 Å². The molecule has 1 aromatic carbocycles. The predicted octanol–water partition coefficient (Wildman–Crippen LogP) is 0.961. The molecule has 1 amide bonds. The van der Waals surface area contributed by atoms with Gasteiger partial charge in [-0.05, 0) is 31.0 Å². The van der Waals surface area contributed by atoms with Crippen LogP contribution in [-0.4, -0.2) is 24.1 Å². The second-order valence-corrected chi connectivity index (χ2v) is 5.69. The monoisotopic (exact) mass is 312 g/mol. The van der Waals surface area contributed by atoms with Crippen LogP contribution in [0.4, 0.5) is 10.1 Å². The standard InChI is InChI=1S/C14H13ClFNO4/c15-7-5-6(1-2-8(7)16)17-13(18)11-9-3-4-10(21-9)12(11)14(19)20/h1-2,5,9-12H,3-4H2,(H,17,18)(H,19,20)/p-1/t9-,10+,11-,12-/m0/s1. The second kappa shape index (κ2) is 5.27. The van der Waals surface area contributed by atoms with Crippen molar-refractivity contribution in [1.29, 1.82) is 0 Å². The van der Waals surface area contributed by atoms with Gasteiger partial charge >= 0.3 is 0 Å². The Kier molecular flexibility index (Phi) is 3.59. The number of carbonyl (C=O) groups is 2. The predicted molar refractivity (Wildman–Crippen MR) is 69.9 cm³/mol. The molecule has 4 atom stereocenters. The summed E-state index contributed by atoms with van der Waals surface area (Å²) in [4.78, 5) is 23.5. The molecule has 0 radical (unpaired) electrons. The summed E-state index contributed by atoms with van der Waals surface area (Å²) < 4.78 is 18.6. The Morgan fingerprint density at radius 2 is 1.95 bits per heavy atom. The highest BCUT2D eigenvalue weighted by atomic mass is 35.5. The molecule has 1 N–H and O–H groups in total. The van der Waals surface area contributed by atoms with Crippen LogP contribution in [-0.2, 0) is 14.3 Å². The van der Waals surface area contributed by atoms with Crippen LogP contribution < -0.4 is 10.4 Å². The lowest BCUT2D eigenvalue weighted by molar-refractivity contribution is -0.313. The van der Waals surface area contributed by atoms with Crippen molar-refractivity contribution < 1.29 is 23.8 Å². The molecule has 2 aliphatic rings. The smallest absolute Gasteiger partial charge is 0.230 e. The van der Waals surface area contributed by atoms with E-state index < -0.39 is 41.7 Å². The Bertz CT molecular complexity index is 609. The van der Waals surface area contributed by atoms with E-state index in [2.05, 4.69) is 5.32 Å². The first-order chi connectivity index (χ1) is 9.97. The third kappa shape index (κ3) is 2.49. The molecular weight excluding hydrogens is 301 g/mol. The molecule has 112 valence electrons. The molecule has 3 rings (SSSR count). The van der Waals surface area contributed by atoms with Crippen molar-refractivity contribution in [2.45, 2.75) is 25.0 Å². The first-order valence-electron chi connectivity index (χ1n) is 6.59. The Balaban J connectivity index is 1.78. The number of ether oxygens (including phenoxy) is 1. The zero-order valence-electron chi connectivity index (χ0n) is 10.8. The molecule has 0 unspecified atom stereocenters. The van der Waals surface area contributed by atoms with Crippen LogP contribution in [0.5, 0.6) is 0 Å². The van der Waals surface area contributed by atoms with Crippen LogP contribution in [0.3, 0.4) is 0 Å². The van der Waals surface area contributed by atoms with Crippen molar-refractivity contribution in [3.63, 3.8) is 0 Å². The van der Waals surface area contributed by atoms with E-state index in [0.717, 1.165) is 6.07 Å². The van der Waals surface area contributed by atoms with E-state index in [1.54, 1.807) is 0 Å². The molecule has 21 heavy (non-hydrogen) atoms. The number of hydrogen-bond acceptors (Lipinski definition) is 4. The van der Waals surface area contributed by atoms with Crippen LogP contribution in [0.15, 0.2) is 18.2 Å². The van der Waals surface area contributed by atoms with Gasteiger partial charge in [0.1, 0.15) is 5.82 Å². The molecule has 0 spiro atoms. The van der Waals surface area contributed by atoms with E-state index in [0.29, 0.717) is 18.5 Å². The molecule has 2 bridgehead atoms. The van der Waals surface area contributed by atoms with Gasteiger partial charge < -0.3 is 20.0 Å². The fraction of sp³-hybridized carbons (Fsp3) is 0.429. The van der Waals surface area contributed by atoms with Crippen LogP contribution >= 0.6 is 11.6 Å². The Hall–Kier alpha value is -1.66. The van der Waals surface area contributed by atoms with Crippen LogP contribution in [0, 0.1) is 17.7 Å². The SMILES string of the molecule is O=C(Nc1ccc(F)c(Cl)c1)[C@@H]1[C@@H](C(=O)[O-])[C@H]2CC[C@@H]1O2. The van der Waals surface area contributed by atoms with Gasteiger partial charge in [-0.2, -0.15) is 0 Å². The fourth-order valence-corrected chi connectivity index (χ4v) is 3.29. The number of fused-ring (bicyclic) bond motifs is 2. The summed E-state index contributed by atoms with van der Waals surface area (Å²) in [7, 11) is 0. The first-order valence-corrected chi connectivity index (χ1v) is 6.97. The molecular formula is C14H12ClFNO4-. The molecule has 2 heterocycles. The molecule has 0 saturated carbocycles. The van der Waals surface area contributed by atoms with E-state index in [9.17, 15) is 19.1 Å². The highest BCUT2D eigenvalue weighted by Crippen LogP contribution is 2.43. The lowest BCUT2D eigenvalue weighted by Gasteiger charge is -2.27. The van der Waals surface area contributed by atoms with Crippen LogP contribution in [0.1, 0.15) is 12.8 Å². The van der Waals surface area contributed by atoms with Crippen molar-refractivity contribution in [1.82, 2.24) is 0 Å². The van der Waals surface area contributed by atoms with Gasteiger partial charge in [0.2, 0.25) is 5.91 Å². The number of hydrogen-bond donors (Lipinski definition) is 1. The van der Waals surface area contributed by atoms with Crippen molar-refractivity contribution >= 4 is 29.2 Å². The zero-order chi connectivity index (χ0) is 15.1. The third-order valence-electron chi connectivity index (χ3n) is 4.04. The van der Waals surface area contributed by atoms with Crippen molar-refractivity contribution in [3.05, 3.63) is 29.0 Å². The fourth-order valence-electron chi connectivity index (χ4n) is 3.11. The molecule has 7 heteroatoms. The largest absolute Gasteiger partial charge is 0.550 e. The quantitative estimate of drug-likeness (QED) is 0.901. The minimum Gasteiger partial charge on any atom is -0.550 e. The number of carboxylic acid groups (broad SMARTS) is 1. The lowest BCUT2D eigenvalue weighted by atomic mass is 9.78. The van der Waals surface area contributed by atoms with Gasteiger partial charge in [0, 0.05) is 17.6 Å². The number of carboxylic acids is 1. The van der Waals surface area contributed by atoms with Gasteiger partial charge in [-0.15, -0.1) is 0 Å². The molecule has 2 saturated heterocycles. The lowest BCUT2D eigenvalue weighted by Crippen LogP contribution is -2.46. The number of carbonyl (C=O) groups excluding carboxylic acids is 2. The summed E-state index contributed by atoms with van der Waals surface area (Å²) in [5, 5.41) is 13.7. The Labute approximate surface area is 125 Å². The molecule has 2 fully saturated rings. The van der Waals surface area contributed by atoms with E-state index in [1.165, 1.54) is 12.1 Å². The van der Waals surface area contributed by atoms with Crippen LogP contribution in [0.25, 0.3) is 0 Å². The normalized spacial score (nSPS) is 30.4. The maximum Gasteiger partial charge on any atom is 0.230 e. The second-order valence-electron chi connectivity index (χ2n) is 5.28. The van der Waals surface area contributed by atoms with Gasteiger partial charge in [0.05, 0.1) is 23.1 Å². The number of amides is 1. The first kappa shape index (κ1) is 14.3. The zero-order valence-corrected chi connectivity index (χ0v) is 11.6. The molecule has 1 aromatic rings. The summed E-state index contributed by atoms with van der Waals surface area (Å²) in [6.07, 6.45) is 0.396. The third-order valence-corrected chi connectivity index (χ3v) is 4.32. The van der Waals surface area contributed by atoms with Crippen molar-refractivity contribution in [2.75, 3.05) is 5.32 Å². The molecule has 0 aromatic heterocycles. The van der Waals surface area contributed by atoms with Crippen molar-refractivity contribution in [2.24, 2.45) is 11.8 Å².